The molecule has 58 valence electrons. The quantitative estimate of drug-likeness (QED) is 0.601. The standard InChI is InChI=1S/C8H9FN2/c9-6-4-5-2-1-3-11-8(5)7(6)10/h1-3,6-7H,4,10H2/t6-,7+/m0/s1. The number of rotatable bonds is 0. The molecule has 0 amide bonds. The van der Waals surface area contributed by atoms with Gasteiger partial charge in [-0.3, -0.25) is 4.98 Å². The Balaban J connectivity index is 2.47. The predicted octanol–water partition coefficient (Wildman–Crippen LogP) is 0.976. The molecule has 1 aromatic rings. The van der Waals surface area contributed by atoms with Crippen LogP contribution in [0.1, 0.15) is 17.3 Å². The Kier molecular flexibility index (Phi) is 1.39. The lowest BCUT2D eigenvalue weighted by molar-refractivity contribution is 0.301. The lowest BCUT2D eigenvalue weighted by Crippen LogP contribution is -2.18. The third-order valence-electron chi connectivity index (χ3n) is 2.05. The van der Waals surface area contributed by atoms with Crippen LogP contribution in [0.15, 0.2) is 18.3 Å². The van der Waals surface area contributed by atoms with E-state index in [9.17, 15) is 4.39 Å². The SMILES string of the molecule is N[C@H]1c2ncccc2C[C@@H]1F. The van der Waals surface area contributed by atoms with E-state index in [2.05, 4.69) is 4.98 Å². The van der Waals surface area contributed by atoms with Gasteiger partial charge >= 0.3 is 0 Å². The van der Waals surface area contributed by atoms with Gasteiger partial charge in [-0.2, -0.15) is 0 Å². The van der Waals surface area contributed by atoms with Gasteiger partial charge in [0, 0.05) is 12.6 Å². The average molecular weight is 152 g/mol. The highest BCUT2D eigenvalue weighted by molar-refractivity contribution is 5.29. The minimum absolute atomic E-state index is 0.421. The molecule has 2 N–H and O–H groups in total. The zero-order valence-corrected chi connectivity index (χ0v) is 6.00. The molecule has 2 rings (SSSR count). The number of pyridine rings is 1. The fourth-order valence-electron chi connectivity index (χ4n) is 1.43. The largest absolute Gasteiger partial charge is 0.320 e. The van der Waals surface area contributed by atoms with Gasteiger partial charge in [0.15, 0.2) is 0 Å². The number of hydrogen-bond donors (Lipinski definition) is 1. The van der Waals surface area contributed by atoms with Crippen molar-refractivity contribution in [2.45, 2.75) is 18.6 Å². The second-order valence-corrected chi connectivity index (χ2v) is 2.79. The van der Waals surface area contributed by atoms with Crippen molar-refractivity contribution in [2.24, 2.45) is 5.73 Å². The first-order chi connectivity index (χ1) is 5.29. The molecular weight excluding hydrogens is 143 g/mol. The molecule has 0 aromatic carbocycles. The van der Waals surface area contributed by atoms with Crippen LogP contribution in [0, 0.1) is 0 Å². The summed E-state index contributed by atoms with van der Waals surface area (Å²) in [5, 5.41) is 0. The van der Waals surface area contributed by atoms with Gasteiger partial charge in [-0.25, -0.2) is 4.39 Å². The molecule has 0 spiro atoms. The van der Waals surface area contributed by atoms with E-state index < -0.39 is 12.2 Å². The van der Waals surface area contributed by atoms with Crippen LogP contribution in [0.4, 0.5) is 4.39 Å². The van der Waals surface area contributed by atoms with Crippen LogP contribution in [0.5, 0.6) is 0 Å². The third kappa shape index (κ3) is 0.922. The zero-order chi connectivity index (χ0) is 7.84. The smallest absolute Gasteiger partial charge is 0.125 e. The summed E-state index contributed by atoms with van der Waals surface area (Å²) in [5.41, 5.74) is 7.23. The van der Waals surface area contributed by atoms with Crippen molar-refractivity contribution in [1.29, 1.82) is 0 Å². The Morgan fingerprint density at radius 2 is 2.45 bits per heavy atom. The molecule has 0 bridgehead atoms. The number of hydrogen-bond acceptors (Lipinski definition) is 2. The van der Waals surface area contributed by atoms with E-state index in [1.165, 1.54) is 0 Å². The van der Waals surface area contributed by atoms with Crippen molar-refractivity contribution >= 4 is 0 Å². The molecule has 0 saturated carbocycles. The van der Waals surface area contributed by atoms with Crippen molar-refractivity contribution < 1.29 is 4.39 Å². The van der Waals surface area contributed by atoms with Crippen molar-refractivity contribution in [1.82, 2.24) is 4.98 Å². The number of nitrogens with zero attached hydrogens (tertiary/aromatic N) is 1. The maximum atomic E-state index is 12.9. The molecule has 0 radical (unpaired) electrons. The van der Waals surface area contributed by atoms with Crippen molar-refractivity contribution in [2.75, 3.05) is 0 Å². The maximum absolute atomic E-state index is 12.9. The second-order valence-electron chi connectivity index (χ2n) is 2.79. The van der Waals surface area contributed by atoms with E-state index in [0.29, 0.717) is 6.42 Å². The third-order valence-corrected chi connectivity index (χ3v) is 2.05. The first kappa shape index (κ1) is 6.73. The molecule has 1 aromatic heterocycles. The number of nitrogens with two attached hydrogens (primary N) is 1. The molecule has 0 saturated heterocycles. The van der Waals surface area contributed by atoms with Crippen LogP contribution in [0.25, 0.3) is 0 Å². The Labute approximate surface area is 64.2 Å². The van der Waals surface area contributed by atoms with Gasteiger partial charge in [-0.1, -0.05) is 6.07 Å². The van der Waals surface area contributed by atoms with Gasteiger partial charge in [0.25, 0.3) is 0 Å². The topological polar surface area (TPSA) is 38.9 Å². The van der Waals surface area contributed by atoms with E-state index in [0.717, 1.165) is 11.3 Å². The van der Waals surface area contributed by atoms with Crippen LogP contribution in [-0.2, 0) is 6.42 Å². The van der Waals surface area contributed by atoms with Crippen LogP contribution in [0.2, 0.25) is 0 Å². The molecule has 0 fully saturated rings. The second kappa shape index (κ2) is 2.27. The molecule has 1 aliphatic carbocycles. The number of halogens is 1. The van der Waals surface area contributed by atoms with Crippen LogP contribution >= 0.6 is 0 Å². The zero-order valence-electron chi connectivity index (χ0n) is 6.00. The molecular formula is C8H9FN2. The van der Waals surface area contributed by atoms with Crippen molar-refractivity contribution in [3.8, 4) is 0 Å². The van der Waals surface area contributed by atoms with Gasteiger partial charge in [0.05, 0.1) is 11.7 Å². The van der Waals surface area contributed by atoms with Crippen LogP contribution in [-0.4, -0.2) is 11.2 Å². The highest BCUT2D eigenvalue weighted by atomic mass is 19.1. The molecule has 1 aliphatic rings. The van der Waals surface area contributed by atoms with E-state index >= 15 is 0 Å². The molecule has 2 nitrogen and oxygen atoms in total. The van der Waals surface area contributed by atoms with Gasteiger partial charge in [-0.05, 0) is 11.6 Å². The number of alkyl halides is 1. The molecule has 11 heavy (non-hydrogen) atoms. The predicted molar refractivity (Wildman–Crippen MR) is 39.8 cm³/mol. The first-order valence-corrected chi connectivity index (χ1v) is 3.62. The van der Waals surface area contributed by atoms with Gasteiger partial charge in [0.2, 0.25) is 0 Å². The normalized spacial score (nSPS) is 28.5. The average Bonchev–Trinajstić information content (AvgIpc) is 2.30. The number of fused-ring (bicyclic) bond motifs is 1. The van der Waals surface area contributed by atoms with Crippen molar-refractivity contribution in [3.63, 3.8) is 0 Å². The lowest BCUT2D eigenvalue weighted by atomic mass is 10.2. The fraction of sp³-hybridized carbons (Fsp3) is 0.375. The van der Waals surface area contributed by atoms with Gasteiger partial charge in [-0.15, -0.1) is 0 Å². The summed E-state index contributed by atoms with van der Waals surface area (Å²) in [6.07, 6.45) is 1.13. The molecule has 1 heterocycles. The summed E-state index contributed by atoms with van der Waals surface area (Å²) in [5.74, 6) is 0. The number of aromatic nitrogens is 1. The molecule has 3 heteroatoms. The Bertz CT molecular complexity index is 275. The summed E-state index contributed by atoms with van der Waals surface area (Å²) >= 11 is 0. The van der Waals surface area contributed by atoms with E-state index in [-0.39, 0.29) is 0 Å². The summed E-state index contributed by atoms with van der Waals surface area (Å²) in [4.78, 5) is 4.03. The first-order valence-electron chi connectivity index (χ1n) is 3.62. The van der Waals surface area contributed by atoms with E-state index in [1.807, 2.05) is 12.1 Å². The van der Waals surface area contributed by atoms with E-state index in [4.69, 9.17) is 5.73 Å². The summed E-state index contributed by atoms with van der Waals surface area (Å²) in [7, 11) is 0. The van der Waals surface area contributed by atoms with Gasteiger partial charge in [0.1, 0.15) is 6.17 Å². The molecule has 2 atom stereocenters. The lowest BCUT2D eigenvalue weighted by Gasteiger charge is -2.04. The highest BCUT2D eigenvalue weighted by Crippen LogP contribution is 2.29. The van der Waals surface area contributed by atoms with E-state index in [1.54, 1.807) is 6.20 Å². The molecule has 0 unspecified atom stereocenters. The Hall–Kier alpha value is -0.960. The monoisotopic (exact) mass is 152 g/mol. The highest BCUT2D eigenvalue weighted by Gasteiger charge is 2.30. The minimum atomic E-state index is -0.945. The Morgan fingerprint density at radius 1 is 1.64 bits per heavy atom. The van der Waals surface area contributed by atoms with Crippen LogP contribution in [0.3, 0.4) is 0 Å². The minimum Gasteiger partial charge on any atom is -0.320 e. The maximum Gasteiger partial charge on any atom is 0.125 e. The summed E-state index contributed by atoms with van der Waals surface area (Å²) in [6, 6.07) is 3.18. The Morgan fingerprint density at radius 3 is 3.18 bits per heavy atom. The van der Waals surface area contributed by atoms with Crippen molar-refractivity contribution in [3.05, 3.63) is 29.6 Å². The van der Waals surface area contributed by atoms with Gasteiger partial charge < -0.3 is 5.73 Å². The summed E-state index contributed by atoms with van der Waals surface area (Å²) < 4.78 is 12.9. The molecule has 0 aliphatic heterocycles. The fourth-order valence-corrected chi connectivity index (χ4v) is 1.43. The van der Waals surface area contributed by atoms with Crippen LogP contribution < -0.4 is 5.73 Å². The summed E-state index contributed by atoms with van der Waals surface area (Å²) in [6.45, 7) is 0.